The summed E-state index contributed by atoms with van der Waals surface area (Å²) in [4.78, 5) is 11.1. The molecule has 102 valence electrons. The van der Waals surface area contributed by atoms with Gasteiger partial charge in [0.1, 0.15) is 17.4 Å². The topological polar surface area (TPSA) is 42.2 Å². The van der Waals surface area contributed by atoms with E-state index in [2.05, 4.69) is 21.9 Å². The van der Waals surface area contributed by atoms with E-state index >= 15 is 0 Å². The molecule has 2 heterocycles. The summed E-state index contributed by atoms with van der Waals surface area (Å²) in [5, 5.41) is 1.06. The van der Waals surface area contributed by atoms with E-state index in [1.165, 1.54) is 25.7 Å². The van der Waals surface area contributed by atoms with Crippen molar-refractivity contribution in [3.63, 3.8) is 0 Å². The van der Waals surface area contributed by atoms with E-state index in [9.17, 15) is 0 Å². The van der Waals surface area contributed by atoms with Crippen LogP contribution in [-0.4, -0.2) is 23.1 Å². The van der Waals surface area contributed by atoms with Crippen LogP contribution in [0.5, 0.6) is 0 Å². The average molecular weight is 267 g/mol. The smallest absolute Gasteiger partial charge is 0.196 e. The molecule has 1 aromatic carbocycles. The summed E-state index contributed by atoms with van der Waals surface area (Å²) in [6, 6.07) is 8.60. The lowest BCUT2D eigenvalue weighted by Crippen LogP contribution is -2.29. The van der Waals surface area contributed by atoms with Crippen molar-refractivity contribution in [3.05, 3.63) is 30.6 Å². The van der Waals surface area contributed by atoms with Crippen molar-refractivity contribution in [1.29, 1.82) is 0 Å². The Kier molecular flexibility index (Phi) is 2.62. The number of hydrogen-bond donors (Lipinski definition) is 0. The second-order valence-electron chi connectivity index (χ2n) is 5.52. The van der Waals surface area contributed by atoms with Crippen molar-refractivity contribution >= 4 is 27.9 Å². The van der Waals surface area contributed by atoms with E-state index < -0.39 is 0 Å². The Bertz CT molecular complexity index is 759. The van der Waals surface area contributed by atoms with Gasteiger partial charge in [0, 0.05) is 18.5 Å². The van der Waals surface area contributed by atoms with Gasteiger partial charge in [-0.15, -0.1) is 0 Å². The molecule has 0 saturated heterocycles. The van der Waals surface area contributed by atoms with Gasteiger partial charge >= 0.3 is 0 Å². The van der Waals surface area contributed by atoms with Crippen LogP contribution in [0.25, 0.3) is 22.1 Å². The lowest BCUT2D eigenvalue weighted by atomic mass is 10.2. The van der Waals surface area contributed by atoms with Gasteiger partial charge in [-0.25, -0.2) is 9.97 Å². The number of anilines is 1. The maximum atomic E-state index is 6.00. The first-order valence-corrected chi connectivity index (χ1v) is 7.19. The zero-order valence-electron chi connectivity index (χ0n) is 11.5. The number of nitrogens with zero attached hydrogens (tertiary/aromatic N) is 3. The molecular weight excluding hydrogens is 250 g/mol. The highest BCUT2D eigenvalue weighted by Crippen LogP contribution is 2.34. The lowest BCUT2D eigenvalue weighted by molar-refractivity contribution is 0.627. The Hall–Kier alpha value is -2.10. The van der Waals surface area contributed by atoms with Crippen molar-refractivity contribution in [2.75, 3.05) is 11.9 Å². The minimum Gasteiger partial charge on any atom is -0.450 e. The number of hydrogen-bond acceptors (Lipinski definition) is 4. The van der Waals surface area contributed by atoms with Crippen LogP contribution in [0.3, 0.4) is 0 Å². The van der Waals surface area contributed by atoms with Crippen molar-refractivity contribution in [3.8, 4) is 0 Å². The van der Waals surface area contributed by atoms with E-state index in [0.717, 1.165) is 27.9 Å². The first-order chi connectivity index (χ1) is 9.84. The van der Waals surface area contributed by atoms with Gasteiger partial charge < -0.3 is 9.32 Å². The highest BCUT2D eigenvalue weighted by atomic mass is 16.3. The molecule has 4 heteroatoms. The first-order valence-electron chi connectivity index (χ1n) is 7.19. The molecule has 0 spiro atoms. The Morgan fingerprint density at radius 1 is 1.15 bits per heavy atom. The summed E-state index contributed by atoms with van der Waals surface area (Å²) in [7, 11) is 2.12. The number of fused-ring (bicyclic) bond motifs is 3. The van der Waals surface area contributed by atoms with Crippen LogP contribution in [-0.2, 0) is 0 Å². The molecule has 0 bridgehead atoms. The van der Waals surface area contributed by atoms with Gasteiger partial charge in [0.25, 0.3) is 0 Å². The number of para-hydroxylation sites is 1. The monoisotopic (exact) mass is 267 g/mol. The van der Waals surface area contributed by atoms with Crippen LogP contribution < -0.4 is 4.90 Å². The summed E-state index contributed by atoms with van der Waals surface area (Å²) in [6.07, 6.45) is 6.74. The van der Waals surface area contributed by atoms with Crippen molar-refractivity contribution < 1.29 is 4.42 Å². The Morgan fingerprint density at radius 3 is 2.80 bits per heavy atom. The third-order valence-corrected chi connectivity index (χ3v) is 4.35. The SMILES string of the molecule is CN(c1ncnc2c1oc1ccccc12)C1CCCC1. The molecule has 1 aliphatic rings. The largest absolute Gasteiger partial charge is 0.450 e. The third kappa shape index (κ3) is 1.68. The maximum Gasteiger partial charge on any atom is 0.196 e. The Labute approximate surface area is 117 Å². The fourth-order valence-corrected chi connectivity index (χ4v) is 3.23. The fourth-order valence-electron chi connectivity index (χ4n) is 3.23. The van der Waals surface area contributed by atoms with E-state index in [4.69, 9.17) is 4.42 Å². The normalized spacial score (nSPS) is 16.2. The molecule has 20 heavy (non-hydrogen) atoms. The zero-order chi connectivity index (χ0) is 13.5. The minimum absolute atomic E-state index is 0.571. The van der Waals surface area contributed by atoms with Gasteiger partial charge in [-0.3, -0.25) is 0 Å². The van der Waals surface area contributed by atoms with Gasteiger partial charge in [0.15, 0.2) is 11.4 Å². The molecular formula is C16H17N3O. The zero-order valence-corrected chi connectivity index (χ0v) is 11.5. The molecule has 0 radical (unpaired) electrons. The van der Waals surface area contributed by atoms with Crippen LogP contribution in [0.4, 0.5) is 5.82 Å². The first kappa shape index (κ1) is 11.7. The molecule has 1 fully saturated rings. The van der Waals surface area contributed by atoms with Gasteiger partial charge in [-0.05, 0) is 25.0 Å². The second-order valence-corrected chi connectivity index (χ2v) is 5.52. The standard InChI is InChI=1S/C16H17N3O/c1-19(11-6-2-3-7-11)16-15-14(17-10-18-16)12-8-4-5-9-13(12)20-15/h4-5,8-11H,2-3,6-7H2,1H3. The molecule has 2 aromatic heterocycles. The lowest BCUT2D eigenvalue weighted by Gasteiger charge is -2.24. The van der Waals surface area contributed by atoms with Crippen LogP contribution in [0.15, 0.2) is 35.0 Å². The number of furan rings is 1. The maximum absolute atomic E-state index is 6.00. The molecule has 0 amide bonds. The number of benzene rings is 1. The summed E-state index contributed by atoms with van der Waals surface area (Å²) in [6.45, 7) is 0. The van der Waals surface area contributed by atoms with E-state index in [-0.39, 0.29) is 0 Å². The van der Waals surface area contributed by atoms with Crippen LogP contribution in [0, 0.1) is 0 Å². The van der Waals surface area contributed by atoms with Gasteiger partial charge in [-0.1, -0.05) is 25.0 Å². The Morgan fingerprint density at radius 2 is 1.95 bits per heavy atom. The quantitative estimate of drug-likeness (QED) is 0.709. The van der Waals surface area contributed by atoms with Crippen molar-refractivity contribution in [1.82, 2.24) is 9.97 Å². The second kappa shape index (κ2) is 4.47. The molecule has 3 aromatic rings. The summed E-state index contributed by atoms with van der Waals surface area (Å²) >= 11 is 0. The highest BCUT2D eigenvalue weighted by Gasteiger charge is 2.24. The predicted octanol–water partition coefficient (Wildman–Crippen LogP) is 3.75. The minimum atomic E-state index is 0.571. The molecule has 0 aliphatic heterocycles. The highest BCUT2D eigenvalue weighted by molar-refractivity contribution is 6.05. The van der Waals surface area contributed by atoms with Crippen LogP contribution >= 0.6 is 0 Å². The van der Waals surface area contributed by atoms with Gasteiger partial charge in [0.2, 0.25) is 0 Å². The number of rotatable bonds is 2. The summed E-state index contributed by atoms with van der Waals surface area (Å²) in [5.41, 5.74) is 2.60. The summed E-state index contributed by atoms with van der Waals surface area (Å²) in [5.74, 6) is 0.915. The van der Waals surface area contributed by atoms with Crippen molar-refractivity contribution in [2.24, 2.45) is 0 Å². The predicted molar refractivity (Wildman–Crippen MR) is 80.0 cm³/mol. The molecule has 0 unspecified atom stereocenters. The molecule has 1 aliphatic carbocycles. The molecule has 0 N–H and O–H groups in total. The number of aromatic nitrogens is 2. The van der Waals surface area contributed by atoms with Crippen LogP contribution in [0.2, 0.25) is 0 Å². The fraction of sp³-hybridized carbons (Fsp3) is 0.375. The van der Waals surface area contributed by atoms with E-state index in [1.807, 2.05) is 24.3 Å². The van der Waals surface area contributed by atoms with Crippen LogP contribution in [0.1, 0.15) is 25.7 Å². The van der Waals surface area contributed by atoms with E-state index in [0.29, 0.717) is 6.04 Å². The molecule has 0 atom stereocenters. The average Bonchev–Trinajstić information content (AvgIpc) is 3.13. The van der Waals surface area contributed by atoms with Gasteiger partial charge in [-0.2, -0.15) is 0 Å². The van der Waals surface area contributed by atoms with E-state index in [1.54, 1.807) is 6.33 Å². The third-order valence-electron chi connectivity index (χ3n) is 4.35. The molecule has 4 rings (SSSR count). The Balaban J connectivity index is 1.90. The summed E-state index contributed by atoms with van der Waals surface area (Å²) < 4.78 is 6.00. The molecule has 1 saturated carbocycles. The molecule has 4 nitrogen and oxygen atoms in total. The van der Waals surface area contributed by atoms with Crippen molar-refractivity contribution in [2.45, 2.75) is 31.7 Å². The van der Waals surface area contributed by atoms with Gasteiger partial charge in [0.05, 0.1) is 0 Å².